The summed E-state index contributed by atoms with van der Waals surface area (Å²) in [4.78, 5) is 24.0. The van der Waals surface area contributed by atoms with Crippen LogP contribution in [0.1, 0.15) is 43.7 Å². The Hall–Kier alpha value is -1.59. The fraction of sp³-hybridized carbons (Fsp3) is 0.529. The molecule has 23 heavy (non-hydrogen) atoms. The topological polar surface area (TPSA) is 75.4 Å². The molecule has 6 heteroatoms. The van der Waals surface area contributed by atoms with Crippen LogP contribution in [-0.4, -0.2) is 36.3 Å². The Balaban J connectivity index is 0.00000264. The van der Waals surface area contributed by atoms with Gasteiger partial charge >= 0.3 is 6.03 Å². The predicted molar refractivity (Wildman–Crippen MR) is 93.7 cm³/mol. The van der Waals surface area contributed by atoms with Gasteiger partial charge in [-0.15, -0.1) is 12.4 Å². The smallest absolute Gasteiger partial charge is 0.312 e. The number of primary amides is 1. The van der Waals surface area contributed by atoms with Gasteiger partial charge in [-0.3, -0.25) is 4.90 Å². The third-order valence-electron chi connectivity index (χ3n) is 4.30. The summed E-state index contributed by atoms with van der Waals surface area (Å²) in [6.45, 7) is 1.87. The first-order valence-electron chi connectivity index (χ1n) is 7.99. The first-order chi connectivity index (χ1) is 10.7. The number of likely N-dealkylation sites (tertiary alicyclic amines) is 1. The van der Waals surface area contributed by atoms with Crippen molar-refractivity contribution in [2.24, 2.45) is 5.73 Å². The summed E-state index contributed by atoms with van der Waals surface area (Å²) in [6, 6.07) is 10.5. The average molecular weight is 340 g/mol. The first kappa shape index (κ1) is 19.5. The zero-order valence-corrected chi connectivity index (χ0v) is 14.1. The summed E-state index contributed by atoms with van der Waals surface area (Å²) in [6.07, 6.45) is 5.33. The minimum atomic E-state index is -0.441. The zero-order chi connectivity index (χ0) is 15.8. The molecule has 1 aliphatic heterocycles. The number of hydrogen-bond donors (Lipinski definition) is 2. The fourth-order valence-corrected chi connectivity index (χ4v) is 3.19. The number of amides is 2. The van der Waals surface area contributed by atoms with Crippen LogP contribution in [0.5, 0.6) is 0 Å². The number of nitrogens with one attached hydrogen (secondary N) is 1. The Morgan fingerprint density at radius 3 is 2.52 bits per heavy atom. The lowest BCUT2D eigenvalue weighted by atomic mass is 9.95. The van der Waals surface area contributed by atoms with E-state index in [0.29, 0.717) is 12.5 Å². The second-order valence-corrected chi connectivity index (χ2v) is 5.84. The van der Waals surface area contributed by atoms with Crippen LogP contribution in [0.25, 0.3) is 0 Å². The van der Waals surface area contributed by atoms with Crippen LogP contribution in [0.2, 0.25) is 0 Å². The number of nitrogens with two attached hydrogens (primary N) is 1. The van der Waals surface area contributed by atoms with E-state index in [2.05, 4.69) is 34.5 Å². The molecule has 5 nitrogen and oxygen atoms in total. The standard InChI is InChI=1S/C17H25N3O2.ClH/c18-17(22)19-15-9-11-20(12-10-15)16(8-4-5-13-21)14-6-2-1-3-7-14;/h1-3,6-7,13,15-16H,4-5,8-12H2,(H3,18,19,22);1H. The van der Waals surface area contributed by atoms with Gasteiger partial charge in [0.05, 0.1) is 0 Å². The number of carbonyl (C=O) groups is 2. The predicted octanol–water partition coefficient (Wildman–Crippen LogP) is 2.65. The Morgan fingerprint density at radius 1 is 1.30 bits per heavy atom. The molecule has 0 radical (unpaired) electrons. The van der Waals surface area contributed by atoms with Crippen LogP contribution in [0.4, 0.5) is 4.79 Å². The maximum atomic E-state index is 10.9. The fourth-order valence-electron chi connectivity index (χ4n) is 3.19. The number of aldehydes is 1. The van der Waals surface area contributed by atoms with Gasteiger partial charge in [-0.2, -0.15) is 0 Å². The second kappa shape index (κ2) is 10.2. The number of piperidine rings is 1. The summed E-state index contributed by atoms with van der Waals surface area (Å²) < 4.78 is 0. The number of unbranched alkanes of at least 4 members (excludes halogenated alkanes) is 1. The number of rotatable bonds is 7. The summed E-state index contributed by atoms with van der Waals surface area (Å²) in [7, 11) is 0. The van der Waals surface area contributed by atoms with Crippen molar-refractivity contribution in [3.8, 4) is 0 Å². The van der Waals surface area contributed by atoms with E-state index in [1.54, 1.807) is 0 Å². The van der Waals surface area contributed by atoms with Crippen molar-refractivity contribution in [3.05, 3.63) is 35.9 Å². The van der Waals surface area contributed by atoms with Gasteiger partial charge in [0.15, 0.2) is 0 Å². The second-order valence-electron chi connectivity index (χ2n) is 5.84. The maximum absolute atomic E-state index is 10.9. The van der Waals surface area contributed by atoms with E-state index >= 15 is 0 Å². The minimum Gasteiger partial charge on any atom is -0.352 e. The van der Waals surface area contributed by atoms with Crippen LogP contribution in [0.15, 0.2) is 30.3 Å². The Labute approximate surface area is 144 Å². The van der Waals surface area contributed by atoms with Crippen LogP contribution < -0.4 is 11.1 Å². The molecule has 1 saturated heterocycles. The summed E-state index contributed by atoms with van der Waals surface area (Å²) in [5.74, 6) is 0. The average Bonchev–Trinajstić information content (AvgIpc) is 2.53. The first-order valence-corrected chi connectivity index (χ1v) is 7.99. The van der Waals surface area contributed by atoms with Gasteiger partial charge in [-0.1, -0.05) is 30.3 Å². The molecule has 1 atom stereocenters. The van der Waals surface area contributed by atoms with Crippen LogP contribution in [0, 0.1) is 0 Å². The lowest BCUT2D eigenvalue weighted by Crippen LogP contribution is -2.47. The molecule has 0 spiro atoms. The summed E-state index contributed by atoms with van der Waals surface area (Å²) in [5, 5.41) is 2.80. The van der Waals surface area contributed by atoms with Gasteiger partial charge in [0, 0.05) is 31.6 Å². The van der Waals surface area contributed by atoms with Crippen molar-refractivity contribution in [1.29, 1.82) is 0 Å². The number of hydrogen-bond acceptors (Lipinski definition) is 3. The molecule has 1 unspecified atom stereocenters. The highest BCUT2D eigenvalue weighted by molar-refractivity contribution is 5.85. The molecule has 1 aromatic carbocycles. The van der Waals surface area contributed by atoms with E-state index in [9.17, 15) is 9.59 Å². The van der Waals surface area contributed by atoms with Gasteiger partial charge in [0.2, 0.25) is 0 Å². The number of carbonyl (C=O) groups excluding carboxylic acids is 2. The Kier molecular flexibility index (Phi) is 8.66. The molecule has 0 aromatic heterocycles. The third kappa shape index (κ3) is 6.20. The molecule has 1 heterocycles. The Morgan fingerprint density at radius 2 is 1.96 bits per heavy atom. The van der Waals surface area contributed by atoms with E-state index in [-0.39, 0.29) is 18.4 Å². The molecule has 2 rings (SSSR count). The molecule has 1 fully saturated rings. The molecule has 3 N–H and O–H groups in total. The molecule has 0 bridgehead atoms. The number of nitrogens with zero attached hydrogens (tertiary/aromatic N) is 1. The molecule has 1 aliphatic rings. The highest BCUT2D eigenvalue weighted by atomic mass is 35.5. The lowest BCUT2D eigenvalue weighted by molar-refractivity contribution is -0.108. The van der Waals surface area contributed by atoms with Crippen molar-refractivity contribution in [3.63, 3.8) is 0 Å². The van der Waals surface area contributed by atoms with Crippen molar-refractivity contribution < 1.29 is 9.59 Å². The highest BCUT2D eigenvalue weighted by Crippen LogP contribution is 2.29. The molecule has 0 aliphatic carbocycles. The van der Waals surface area contributed by atoms with Gasteiger partial charge in [-0.05, 0) is 31.2 Å². The molecule has 2 amide bonds. The monoisotopic (exact) mass is 339 g/mol. The lowest BCUT2D eigenvalue weighted by Gasteiger charge is -2.38. The van der Waals surface area contributed by atoms with Gasteiger partial charge in [-0.25, -0.2) is 4.79 Å². The van der Waals surface area contributed by atoms with Crippen LogP contribution in [-0.2, 0) is 4.79 Å². The number of halogens is 1. The SMILES string of the molecule is Cl.NC(=O)NC1CCN(C(CCCC=O)c2ccccc2)CC1. The number of benzene rings is 1. The molecular formula is C17H26ClN3O2. The highest BCUT2D eigenvalue weighted by Gasteiger charge is 2.26. The van der Waals surface area contributed by atoms with Gasteiger partial charge in [0.1, 0.15) is 6.29 Å². The van der Waals surface area contributed by atoms with E-state index in [1.807, 2.05) is 6.07 Å². The van der Waals surface area contributed by atoms with Gasteiger partial charge < -0.3 is 15.8 Å². The van der Waals surface area contributed by atoms with E-state index in [0.717, 1.165) is 45.1 Å². The maximum Gasteiger partial charge on any atom is 0.312 e. The van der Waals surface area contributed by atoms with Crippen LogP contribution in [0.3, 0.4) is 0 Å². The largest absolute Gasteiger partial charge is 0.352 e. The van der Waals surface area contributed by atoms with Crippen LogP contribution >= 0.6 is 12.4 Å². The minimum absolute atomic E-state index is 0. The van der Waals surface area contributed by atoms with Gasteiger partial charge in [0.25, 0.3) is 0 Å². The van der Waals surface area contributed by atoms with Crippen molar-refractivity contribution in [2.75, 3.05) is 13.1 Å². The number of urea groups is 1. The van der Waals surface area contributed by atoms with Crippen molar-refractivity contribution >= 4 is 24.7 Å². The third-order valence-corrected chi connectivity index (χ3v) is 4.30. The molecule has 1 aromatic rings. The Bertz CT molecular complexity index is 476. The van der Waals surface area contributed by atoms with E-state index < -0.39 is 6.03 Å². The molecular weight excluding hydrogens is 314 g/mol. The zero-order valence-electron chi connectivity index (χ0n) is 13.3. The normalized spacial score (nSPS) is 17.0. The quantitative estimate of drug-likeness (QED) is 0.592. The molecule has 128 valence electrons. The van der Waals surface area contributed by atoms with Crippen molar-refractivity contribution in [1.82, 2.24) is 10.2 Å². The van der Waals surface area contributed by atoms with E-state index in [1.165, 1.54) is 5.56 Å². The van der Waals surface area contributed by atoms with E-state index in [4.69, 9.17) is 5.73 Å². The van der Waals surface area contributed by atoms with Crippen molar-refractivity contribution in [2.45, 2.75) is 44.2 Å². The summed E-state index contributed by atoms with van der Waals surface area (Å²) >= 11 is 0. The summed E-state index contributed by atoms with van der Waals surface area (Å²) in [5.41, 5.74) is 6.49. The molecule has 0 saturated carbocycles.